The third-order valence-corrected chi connectivity index (χ3v) is 5.12. The number of fused-ring (bicyclic) bond motifs is 1. The van der Waals surface area contributed by atoms with Gasteiger partial charge in [0.15, 0.2) is 6.10 Å². The number of hydrogen-bond acceptors (Lipinski definition) is 7. The second-order valence-corrected chi connectivity index (χ2v) is 7.52. The Hall–Kier alpha value is -1.28. The predicted molar refractivity (Wildman–Crippen MR) is 78.8 cm³/mol. The standard InChI is InChI=1S/C14H21NO6S/c1-6-19-9-11(17)15-10(14(4,5)22-12(9)15)13(18)21-8(3)20-7(2)16/h8-10,12H,6H2,1-5H3/t8?,9-,10+,12-/m1/s1. The molecule has 2 saturated heterocycles. The van der Waals surface area contributed by atoms with Gasteiger partial charge >= 0.3 is 11.9 Å². The first-order valence-electron chi connectivity index (χ1n) is 7.18. The first kappa shape index (κ1) is 17.1. The van der Waals surface area contributed by atoms with Crippen LogP contribution in [0.5, 0.6) is 0 Å². The van der Waals surface area contributed by atoms with Crippen LogP contribution in [0.1, 0.15) is 34.6 Å². The monoisotopic (exact) mass is 331 g/mol. The van der Waals surface area contributed by atoms with E-state index in [-0.39, 0.29) is 11.3 Å². The SMILES string of the molecule is CCO[C@@H]1C(=O)N2[C@@H]1SC(C)(C)[C@@H]2C(=O)OC(C)OC(C)=O. The van der Waals surface area contributed by atoms with Gasteiger partial charge in [-0.15, -0.1) is 11.8 Å². The number of esters is 2. The zero-order valence-electron chi connectivity index (χ0n) is 13.3. The Labute approximate surface area is 133 Å². The van der Waals surface area contributed by atoms with Gasteiger partial charge in [-0.2, -0.15) is 0 Å². The smallest absolute Gasteiger partial charge is 0.333 e. The van der Waals surface area contributed by atoms with E-state index in [0.29, 0.717) is 6.61 Å². The van der Waals surface area contributed by atoms with Crippen LogP contribution in [0.4, 0.5) is 0 Å². The van der Waals surface area contributed by atoms with Crippen LogP contribution in [0.15, 0.2) is 0 Å². The molecular weight excluding hydrogens is 310 g/mol. The van der Waals surface area contributed by atoms with Gasteiger partial charge < -0.3 is 19.1 Å². The lowest BCUT2D eigenvalue weighted by Gasteiger charge is -2.43. The molecule has 0 aromatic heterocycles. The van der Waals surface area contributed by atoms with Crippen molar-refractivity contribution in [3.8, 4) is 0 Å². The van der Waals surface area contributed by atoms with Crippen LogP contribution in [0.3, 0.4) is 0 Å². The first-order valence-corrected chi connectivity index (χ1v) is 8.06. The van der Waals surface area contributed by atoms with E-state index < -0.39 is 35.1 Å². The van der Waals surface area contributed by atoms with Gasteiger partial charge in [0, 0.05) is 25.2 Å². The molecule has 2 fully saturated rings. The summed E-state index contributed by atoms with van der Waals surface area (Å²) >= 11 is 1.52. The Kier molecular flexibility index (Phi) is 4.72. The van der Waals surface area contributed by atoms with Crippen molar-refractivity contribution < 1.29 is 28.6 Å². The van der Waals surface area contributed by atoms with Crippen LogP contribution in [-0.2, 0) is 28.6 Å². The molecule has 2 heterocycles. The van der Waals surface area contributed by atoms with E-state index in [0.717, 1.165) is 0 Å². The molecule has 0 saturated carbocycles. The molecule has 8 heteroatoms. The number of thioether (sulfide) groups is 1. The number of ether oxygens (including phenoxy) is 3. The van der Waals surface area contributed by atoms with Crippen molar-refractivity contribution in [2.45, 2.75) is 63.2 Å². The maximum atomic E-state index is 12.4. The minimum Gasteiger partial charge on any atom is -0.426 e. The molecule has 1 amide bonds. The van der Waals surface area contributed by atoms with Crippen molar-refractivity contribution in [2.24, 2.45) is 0 Å². The Morgan fingerprint density at radius 3 is 2.55 bits per heavy atom. The molecule has 2 aliphatic rings. The fourth-order valence-electron chi connectivity index (χ4n) is 2.78. The van der Waals surface area contributed by atoms with Crippen molar-refractivity contribution in [1.82, 2.24) is 4.90 Å². The lowest BCUT2D eigenvalue weighted by Crippen LogP contribution is -2.66. The third kappa shape index (κ3) is 2.94. The summed E-state index contributed by atoms with van der Waals surface area (Å²) in [6.07, 6.45) is -1.48. The molecular formula is C14H21NO6S. The summed E-state index contributed by atoms with van der Waals surface area (Å²) in [5, 5.41) is -0.177. The highest BCUT2D eigenvalue weighted by atomic mass is 32.2. The molecule has 0 N–H and O–H groups in total. The average Bonchev–Trinajstić information content (AvgIpc) is 2.63. The molecule has 2 aliphatic heterocycles. The normalized spacial score (nSPS) is 30.3. The summed E-state index contributed by atoms with van der Waals surface area (Å²) in [5.74, 6) is -1.31. The summed E-state index contributed by atoms with van der Waals surface area (Å²) in [6, 6.07) is -0.718. The molecule has 2 rings (SSSR count). The zero-order chi connectivity index (χ0) is 16.7. The highest BCUT2D eigenvalue weighted by molar-refractivity contribution is 8.01. The van der Waals surface area contributed by atoms with Gasteiger partial charge in [-0.1, -0.05) is 0 Å². The zero-order valence-corrected chi connectivity index (χ0v) is 14.1. The average molecular weight is 331 g/mol. The van der Waals surface area contributed by atoms with E-state index in [1.807, 2.05) is 20.8 Å². The fourth-order valence-corrected chi connectivity index (χ4v) is 4.40. The first-order chi connectivity index (χ1) is 10.2. The highest BCUT2D eigenvalue weighted by Crippen LogP contribution is 2.51. The number of hydrogen-bond donors (Lipinski definition) is 0. The van der Waals surface area contributed by atoms with Gasteiger partial charge in [0.1, 0.15) is 11.4 Å². The molecule has 0 aromatic carbocycles. The van der Waals surface area contributed by atoms with Crippen molar-refractivity contribution in [3.63, 3.8) is 0 Å². The summed E-state index contributed by atoms with van der Waals surface area (Å²) in [6.45, 7) is 8.74. The molecule has 1 unspecified atom stereocenters. The molecule has 22 heavy (non-hydrogen) atoms. The predicted octanol–water partition coefficient (Wildman–Crippen LogP) is 0.906. The minimum absolute atomic E-state index is 0.177. The Balaban J connectivity index is 2.08. The fraction of sp³-hybridized carbons (Fsp3) is 0.786. The van der Waals surface area contributed by atoms with E-state index in [1.54, 1.807) is 0 Å². The molecule has 0 aliphatic carbocycles. The van der Waals surface area contributed by atoms with Gasteiger partial charge in [-0.3, -0.25) is 9.59 Å². The third-order valence-electron chi connectivity index (χ3n) is 3.58. The van der Waals surface area contributed by atoms with Crippen molar-refractivity contribution >= 4 is 29.6 Å². The van der Waals surface area contributed by atoms with Crippen LogP contribution in [-0.4, -0.2) is 57.9 Å². The second kappa shape index (κ2) is 6.08. The number of nitrogens with zero attached hydrogens (tertiary/aromatic N) is 1. The Morgan fingerprint density at radius 1 is 1.36 bits per heavy atom. The van der Waals surface area contributed by atoms with Crippen LogP contribution in [0, 0.1) is 0 Å². The Bertz CT molecular complexity index is 494. The number of amides is 1. The van der Waals surface area contributed by atoms with E-state index in [1.165, 1.54) is 30.5 Å². The molecule has 0 radical (unpaired) electrons. The summed E-state index contributed by atoms with van der Waals surface area (Å²) in [5.41, 5.74) is 0. The summed E-state index contributed by atoms with van der Waals surface area (Å²) in [7, 11) is 0. The van der Waals surface area contributed by atoms with E-state index >= 15 is 0 Å². The lowest BCUT2D eigenvalue weighted by atomic mass is 9.97. The summed E-state index contributed by atoms with van der Waals surface area (Å²) in [4.78, 5) is 37.0. The quantitative estimate of drug-likeness (QED) is 0.420. The molecule has 0 spiro atoms. The van der Waals surface area contributed by atoms with Gasteiger partial charge in [0.05, 0.1) is 0 Å². The maximum Gasteiger partial charge on any atom is 0.333 e. The van der Waals surface area contributed by atoms with Gasteiger partial charge in [-0.05, 0) is 20.8 Å². The topological polar surface area (TPSA) is 82.1 Å². The van der Waals surface area contributed by atoms with Crippen LogP contribution in [0.2, 0.25) is 0 Å². The van der Waals surface area contributed by atoms with Crippen molar-refractivity contribution in [1.29, 1.82) is 0 Å². The van der Waals surface area contributed by atoms with Gasteiger partial charge in [-0.25, -0.2) is 4.79 Å². The minimum atomic E-state index is -0.982. The molecule has 0 bridgehead atoms. The van der Waals surface area contributed by atoms with E-state index in [2.05, 4.69) is 0 Å². The van der Waals surface area contributed by atoms with Crippen LogP contribution in [0.25, 0.3) is 0 Å². The number of β-lactam (4-membered cyclic amide) rings is 1. The van der Waals surface area contributed by atoms with E-state index in [9.17, 15) is 14.4 Å². The highest BCUT2D eigenvalue weighted by Gasteiger charge is 2.64. The largest absolute Gasteiger partial charge is 0.426 e. The van der Waals surface area contributed by atoms with Crippen molar-refractivity contribution in [2.75, 3.05) is 6.61 Å². The number of carbonyl (C=O) groups is 3. The number of rotatable bonds is 5. The van der Waals surface area contributed by atoms with Crippen LogP contribution < -0.4 is 0 Å². The van der Waals surface area contributed by atoms with Crippen LogP contribution >= 0.6 is 11.8 Å². The van der Waals surface area contributed by atoms with E-state index in [4.69, 9.17) is 14.2 Å². The molecule has 4 atom stereocenters. The van der Waals surface area contributed by atoms with Crippen molar-refractivity contribution in [3.05, 3.63) is 0 Å². The number of carbonyl (C=O) groups excluding carboxylic acids is 3. The summed E-state index contributed by atoms with van der Waals surface area (Å²) < 4.78 is 14.9. The maximum absolute atomic E-state index is 12.4. The second-order valence-electron chi connectivity index (χ2n) is 5.75. The molecule has 7 nitrogen and oxygen atoms in total. The van der Waals surface area contributed by atoms with Gasteiger partial charge in [0.2, 0.25) is 6.29 Å². The molecule has 124 valence electrons. The van der Waals surface area contributed by atoms with Gasteiger partial charge in [0.25, 0.3) is 5.91 Å². The molecule has 0 aromatic rings. The lowest BCUT2D eigenvalue weighted by molar-refractivity contribution is -0.194. The Morgan fingerprint density at radius 2 is 2.00 bits per heavy atom.